The van der Waals surface area contributed by atoms with Crippen LogP contribution in [-0.4, -0.2) is 14.5 Å². The van der Waals surface area contributed by atoms with E-state index in [4.69, 9.17) is 9.97 Å². The van der Waals surface area contributed by atoms with Crippen LogP contribution in [0.15, 0.2) is 176 Å². The van der Waals surface area contributed by atoms with Gasteiger partial charge in [0.05, 0.1) is 28.1 Å². The lowest BCUT2D eigenvalue weighted by atomic mass is 9.92. The predicted octanol–water partition coefficient (Wildman–Crippen LogP) is 15.0. The molecule has 0 radical (unpaired) electrons. The highest BCUT2D eigenvalue weighted by Crippen LogP contribution is 2.48. The summed E-state index contributed by atoms with van der Waals surface area (Å²) in [6.45, 7) is 0. The Bertz CT molecular complexity index is 3530. The molecule has 1 aliphatic heterocycles. The maximum Gasteiger partial charge on any atom is 0.161 e. The van der Waals surface area contributed by atoms with Gasteiger partial charge in [0.1, 0.15) is 0 Å². The molecule has 1 aliphatic rings. The highest BCUT2D eigenvalue weighted by molar-refractivity contribution is 7.26. The first-order valence-corrected chi connectivity index (χ1v) is 20.9. The zero-order chi connectivity index (χ0) is 37.2. The van der Waals surface area contributed by atoms with E-state index in [0.717, 1.165) is 33.9 Å². The normalized spacial score (nSPS) is 12.2. The molecule has 57 heavy (non-hydrogen) atoms. The molecule has 12 aromatic rings. The molecule has 0 saturated heterocycles. The van der Waals surface area contributed by atoms with Crippen molar-refractivity contribution in [3.8, 4) is 61.8 Å². The van der Waals surface area contributed by atoms with E-state index in [1.165, 1.54) is 90.1 Å². The zero-order valence-electron chi connectivity index (χ0n) is 30.4. The molecule has 5 heterocycles. The summed E-state index contributed by atoms with van der Waals surface area (Å²) in [5.41, 5.74) is 13.6. The Morgan fingerprint density at radius 2 is 0.912 bits per heavy atom. The van der Waals surface area contributed by atoms with Gasteiger partial charge in [-0.2, -0.15) is 0 Å². The molecule has 0 saturated carbocycles. The molecule has 3 nitrogen and oxygen atoms in total. The number of benzene rings is 8. The fourth-order valence-electron chi connectivity index (χ4n) is 9.27. The van der Waals surface area contributed by atoms with E-state index in [0.29, 0.717) is 0 Å². The van der Waals surface area contributed by atoms with Gasteiger partial charge in [0, 0.05) is 78.9 Å². The van der Waals surface area contributed by atoms with E-state index >= 15 is 0 Å². The van der Waals surface area contributed by atoms with E-state index in [1.807, 2.05) is 22.7 Å². The first kappa shape index (κ1) is 31.3. The molecule has 264 valence electrons. The van der Waals surface area contributed by atoms with Gasteiger partial charge in [-0.25, -0.2) is 9.97 Å². The molecule has 13 rings (SSSR count). The van der Waals surface area contributed by atoms with Crippen molar-refractivity contribution >= 4 is 84.8 Å². The second-order valence-corrected chi connectivity index (χ2v) is 17.0. The van der Waals surface area contributed by atoms with Crippen LogP contribution in [-0.2, 0) is 0 Å². The number of rotatable bonds is 3. The number of para-hydroxylation sites is 2. The molecule has 0 aliphatic carbocycles. The van der Waals surface area contributed by atoms with Crippen molar-refractivity contribution in [2.75, 3.05) is 0 Å². The van der Waals surface area contributed by atoms with Crippen molar-refractivity contribution in [3.05, 3.63) is 176 Å². The van der Waals surface area contributed by atoms with Crippen LogP contribution in [0.1, 0.15) is 0 Å². The fourth-order valence-corrected chi connectivity index (χ4v) is 11.7. The summed E-state index contributed by atoms with van der Waals surface area (Å²) in [7, 11) is 0. The second-order valence-electron chi connectivity index (χ2n) is 14.9. The zero-order valence-corrected chi connectivity index (χ0v) is 32.0. The highest BCUT2D eigenvalue weighted by atomic mass is 32.1. The van der Waals surface area contributed by atoms with E-state index in [9.17, 15) is 0 Å². The second kappa shape index (κ2) is 11.8. The number of hydrogen-bond acceptors (Lipinski definition) is 4. The quantitative estimate of drug-likeness (QED) is 0.180. The van der Waals surface area contributed by atoms with Gasteiger partial charge in [0.15, 0.2) is 5.82 Å². The minimum atomic E-state index is 0.735. The molecule has 0 spiro atoms. The van der Waals surface area contributed by atoms with Crippen LogP contribution in [0.2, 0.25) is 0 Å². The number of hydrogen-bond donors (Lipinski definition) is 0. The van der Waals surface area contributed by atoms with Crippen molar-refractivity contribution in [1.29, 1.82) is 0 Å². The summed E-state index contributed by atoms with van der Waals surface area (Å²) in [5.74, 6) is 0.735. The van der Waals surface area contributed by atoms with Gasteiger partial charge in [-0.1, -0.05) is 133 Å². The van der Waals surface area contributed by atoms with E-state index < -0.39 is 0 Å². The Morgan fingerprint density at radius 3 is 1.67 bits per heavy atom. The van der Waals surface area contributed by atoms with Crippen LogP contribution in [0.5, 0.6) is 0 Å². The maximum absolute atomic E-state index is 5.48. The molecule has 0 atom stereocenters. The van der Waals surface area contributed by atoms with Crippen molar-refractivity contribution in [2.45, 2.75) is 0 Å². The van der Waals surface area contributed by atoms with Gasteiger partial charge in [-0.15, -0.1) is 22.7 Å². The van der Waals surface area contributed by atoms with Gasteiger partial charge >= 0.3 is 0 Å². The van der Waals surface area contributed by atoms with Crippen molar-refractivity contribution in [2.24, 2.45) is 0 Å². The van der Waals surface area contributed by atoms with E-state index in [-0.39, 0.29) is 0 Å². The Labute approximate surface area is 335 Å². The minimum absolute atomic E-state index is 0.735. The summed E-state index contributed by atoms with van der Waals surface area (Å²) in [6, 6.07) is 64.1. The Balaban J connectivity index is 1.10. The fraction of sp³-hybridized carbons (Fsp3) is 0. The summed E-state index contributed by atoms with van der Waals surface area (Å²) in [6.07, 6.45) is 0. The first-order valence-electron chi connectivity index (χ1n) is 19.2. The largest absolute Gasteiger partial charge is 0.308 e. The Hall–Kier alpha value is -6.92. The molecular weight excluding hydrogens is 731 g/mol. The Morgan fingerprint density at radius 1 is 0.368 bits per heavy atom. The van der Waals surface area contributed by atoms with Crippen LogP contribution in [0, 0.1) is 0 Å². The molecule has 5 heteroatoms. The van der Waals surface area contributed by atoms with Gasteiger partial charge < -0.3 is 4.57 Å². The van der Waals surface area contributed by atoms with E-state index in [2.05, 4.69) is 180 Å². The molecule has 0 N–H and O–H groups in total. The molecule has 0 fully saturated rings. The summed E-state index contributed by atoms with van der Waals surface area (Å²) in [5, 5.41) is 7.57. The lowest BCUT2D eigenvalue weighted by Gasteiger charge is -2.15. The Kier molecular flexibility index (Phi) is 6.48. The molecule has 0 unspecified atom stereocenters. The first-order chi connectivity index (χ1) is 28.3. The third kappa shape index (κ3) is 4.47. The topological polar surface area (TPSA) is 30.7 Å². The van der Waals surface area contributed by atoms with Crippen molar-refractivity contribution in [3.63, 3.8) is 0 Å². The smallest absolute Gasteiger partial charge is 0.161 e. The van der Waals surface area contributed by atoms with Gasteiger partial charge in [0.25, 0.3) is 0 Å². The van der Waals surface area contributed by atoms with Crippen LogP contribution in [0.4, 0.5) is 0 Å². The molecular formula is C52H29N3S2. The minimum Gasteiger partial charge on any atom is -0.308 e. The third-order valence-corrected chi connectivity index (χ3v) is 14.2. The maximum atomic E-state index is 5.48. The van der Waals surface area contributed by atoms with Gasteiger partial charge in [-0.3, -0.25) is 0 Å². The predicted molar refractivity (Wildman–Crippen MR) is 243 cm³/mol. The molecule has 8 aromatic carbocycles. The van der Waals surface area contributed by atoms with Crippen LogP contribution >= 0.6 is 22.7 Å². The van der Waals surface area contributed by atoms with Gasteiger partial charge in [0.2, 0.25) is 0 Å². The molecule has 0 amide bonds. The number of fused-ring (bicyclic) bond motifs is 14. The van der Waals surface area contributed by atoms with Crippen LogP contribution in [0.3, 0.4) is 0 Å². The average molecular weight is 760 g/mol. The number of aromatic nitrogens is 3. The number of nitrogens with zero attached hydrogens (tertiary/aromatic N) is 3. The number of thiophene rings is 2. The van der Waals surface area contributed by atoms with Crippen LogP contribution < -0.4 is 0 Å². The lowest BCUT2D eigenvalue weighted by molar-refractivity contribution is 1.18. The molecule has 4 aromatic heterocycles. The summed E-state index contributed by atoms with van der Waals surface area (Å²) in [4.78, 5) is 10.9. The lowest BCUT2D eigenvalue weighted by Crippen LogP contribution is -1.99. The monoisotopic (exact) mass is 759 g/mol. The van der Waals surface area contributed by atoms with Gasteiger partial charge in [-0.05, 0) is 53.6 Å². The van der Waals surface area contributed by atoms with E-state index in [1.54, 1.807) is 0 Å². The standard InChI is InChI=1S/C52H29N3S2/c1-2-13-32-31(12-1)36-17-9-18-37-33-14-3-6-23-45(33)55(49(36)37)46-27-26-30(28-42(32)46)43-29-44(40-21-10-19-38-34-15-4-7-24-47(34)56-50(38)40)54-52(53-43)41-22-11-20-39-35-16-5-8-25-48(35)57-51(39)41/h1-29H. The SMILES string of the molecule is c1ccc2c(c1)-c1cc(-c3cc(-c4cccc5c4sc4ccccc45)nc(-c4cccc5c4sc4ccccc45)n3)ccc1-n1c3ccccc3c3cccc-2c31. The van der Waals surface area contributed by atoms with Crippen LogP contribution in [0.25, 0.3) is 124 Å². The molecule has 0 bridgehead atoms. The average Bonchev–Trinajstić information content (AvgIpc) is 3.93. The third-order valence-electron chi connectivity index (χ3n) is 11.8. The van der Waals surface area contributed by atoms with Crippen molar-refractivity contribution < 1.29 is 0 Å². The highest BCUT2D eigenvalue weighted by Gasteiger charge is 2.25. The van der Waals surface area contributed by atoms with Crippen molar-refractivity contribution in [1.82, 2.24) is 14.5 Å². The summed E-state index contributed by atoms with van der Waals surface area (Å²) < 4.78 is 7.47. The summed E-state index contributed by atoms with van der Waals surface area (Å²) >= 11 is 3.66.